The van der Waals surface area contributed by atoms with Crippen LogP contribution in [0.15, 0.2) is 18.3 Å². The summed E-state index contributed by atoms with van der Waals surface area (Å²) < 4.78 is 0. The van der Waals surface area contributed by atoms with Crippen molar-refractivity contribution in [2.75, 3.05) is 11.9 Å². The predicted molar refractivity (Wildman–Crippen MR) is 36.9 cm³/mol. The average molecular weight is 140 g/mol. The van der Waals surface area contributed by atoms with Crippen LogP contribution in [0.1, 0.15) is 0 Å². The molecule has 3 N–H and O–H groups in total. The zero-order valence-electron chi connectivity index (χ0n) is 5.29. The molecule has 0 amide bonds. The predicted octanol–water partition coefficient (Wildman–Crippen LogP) is 0.511. The molecule has 10 heavy (non-hydrogen) atoms. The van der Waals surface area contributed by atoms with Gasteiger partial charge in [0.2, 0.25) is 0 Å². The summed E-state index contributed by atoms with van der Waals surface area (Å²) in [7, 11) is 0. The highest BCUT2D eigenvalue weighted by atomic mass is 16.4. The normalized spacial score (nSPS) is 9.20. The molecule has 54 valence electrons. The molecule has 0 bridgehead atoms. The molecule has 1 aromatic rings. The summed E-state index contributed by atoms with van der Waals surface area (Å²) in [4.78, 5) is 12.8. The molecule has 0 atom stereocenters. The number of aromatic amines is 1. The number of nitrogens with one attached hydrogen (secondary N) is 2. The molecule has 4 nitrogen and oxygen atoms in total. The third kappa shape index (κ3) is 1.81. The summed E-state index contributed by atoms with van der Waals surface area (Å²) in [5.74, 6) is -0.142. The summed E-state index contributed by atoms with van der Waals surface area (Å²) >= 11 is 0. The Morgan fingerprint density at radius 3 is 3.10 bits per heavy atom. The molecular weight excluding hydrogens is 132 g/mol. The van der Waals surface area contributed by atoms with E-state index in [0.717, 1.165) is 5.82 Å². The van der Waals surface area contributed by atoms with Crippen LogP contribution in [0.5, 0.6) is 0 Å². The lowest BCUT2D eigenvalue weighted by Gasteiger charge is -1.96. The maximum atomic E-state index is 10.0. The number of aromatic nitrogens is 1. The van der Waals surface area contributed by atoms with Crippen molar-refractivity contribution in [2.45, 2.75) is 0 Å². The summed E-state index contributed by atoms with van der Waals surface area (Å²) in [6, 6.07) is 3.56. The quantitative estimate of drug-likeness (QED) is 0.573. The topological polar surface area (TPSA) is 65.1 Å². The molecule has 0 unspecified atom stereocenters. The molecule has 0 aliphatic carbocycles. The van der Waals surface area contributed by atoms with Crippen LogP contribution in [0, 0.1) is 0 Å². The van der Waals surface area contributed by atoms with Crippen molar-refractivity contribution in [3.05, 3.63) is 18.3 Å². The van der Waals surface area contributed by atoms with Crippen LogP contribution in [0.2, 0.25) is 0 Å². The second-order valence-corrected chi connectivity index (χ2v) is 1.83. The Balaban J connectivity index is 2.35. The van der Waals surface area contributed by atoms with Crippen LogP contribution in [-0.4, -0.2) is 22.6 Å². The van der Waals surface area contributed by atoms with Gasteiger partial charge in [-0.05, 0) is 12.1 Å². The number of hydrogen-bond donors (Lipinski definition) is 3. The number of hydrogen-bond acceptors (Lipinski definition) is 2. The van der Waals surface area contributed by atoms with Gasteiger partial charge in [0.25, 0.3) is 0 Å². The highest BCUT2D eigenvalue weighted by Gasteiger charge is 1.94. The van der Waals surface area contributed by atoms with E-state index in [1.54, 1.807) is 18.3 Å². The van der Waals surface area contributed by atoms with E-state index < -0.39 is 5.97 Å². The maximum Gasteiger partial charge on any atom is 0.322 e. The number of carboxylic acids is 1. The van der Waals surface area contributed by atoms with E-state index in [1.807, 2.05) is 0 Å². The lowest BCUT2D eigenvalue weighted by molar-refractivity contribution is -0.134. The van der Waals surface area contributed by atoms with Crippen LogP contribution < -0.4 is 5.32 Å². The lowest BCUT2D eigenvalue weighted by Crippen LogP contribution is -2.12. The molecule has 0 saturated carbocycles. The van der Waals surface area contributed by atoms with E-state index in [4.69, 9.17) is 5.11 Å². The monoisotopic (exact) mass is 140 g/mol. The Morgan fingerprint density at radius 1 is 1.80 bits per heavy atom. The molecule has 4 heteroatoms. The average Bonchev–Trinajstić information content (AvgIpc) is 2.34. The van der Waals surface area contributed by atoms with E-state index in [2.05, 4.69) is 10.3 Å². The molecule has 0 aliphatic heterocycles. The molecule has 1 heterocycles. The fraction of sp³-hybridized carbons (Fsp3) is 0.167. The van der Waals surface area contributed by atoms with Crippen molar-refractivity contribution < 1.29 is 9.90 Å². The molecule has 0 spiro atoms. The zero-order valence-corrected chi connectivity index (χ0v) is 5.29. The van der Waals surface area contributed by atoms with Gasteiger partial charge in [-0.2, -0.15) is 0 Å². The van der Waals surface area contributed by atoms with Crippen molar-refractivity contribution in [3.8, 4) is 0 Å². The van der Waals surface area contributed by atoms with Crippen LogP contribution in [0.4, 0.5) is 5.82 Å². The number of carboxylic acid groups (broad SMARTS) is 1. The van der Waals surface area contributed by atoms with Crippen molar-refractivity contribution in [1.82, 2.24) is 4.98 Å². The van der Waals surface area contributed by atoms with E-state index in [9.17, 15) is 4.79 Å². The van der Waals surface area contributed by atoms with Gasteiger partial charge in [0.1, 0.15) is 12.4 Å². The van der Waals surface area contributed by atoms with Gasteiger partial charge in [-0.15, -0.1) is 0 Å². The third-order valence-corrected chi connectivity index (χ3v) is 1.03. The van der Waals surface area contributed by atoms with E-state index in [0.29, 0.717) is 0 Å². The van der Waals surface area contributed by atoms with Gasteiger partial charge < -0.3 is 15.4 Å². The van der Waals surface area contributed by atoms with Crippen LogP contribution in [-0.2, 0) is 4.79 Å². The Bertz CT molecular complexity index is 206. The molecule has 0 aromatic carbocycles. The first-order valence-corrected chi connectivity index (χ1v) is 2.88. The number of carbonyl (C=O) groups is 1. The smallest absolute Gasteiger partial charge is 0.322 e. The van der Waals surface area contributed by atoms with Gasteiger partial charge in [0.05, 0.1) is 0 Å². The fourth-order valence-corrected chi connectivity index (χ4v) is 0.611. The molecule has 1 rings (SSSR count). The Morgan fingerprint density at radius 2 is 2.60 bits per heavy atom. The van der Waals surface area contributed by atoms with Crippen molar-refractivity contribution >= 4 is 11.8 Å². The second kappa shape index (κ2) is 2.91. The van der Waals surface area contributed by atoms with Crippen molar-refractivity contribution in [3.63, 3.8) is 0 Å². The molecule has 0 saturated heterocycles. The Labute approximate surface area is 57.9 Å². The standard InChI is InChI=1S/C6H8N2O2/c9-6(10)4-8-5-2-1-3-7-5/h1-3,7-8H,4H2,(H,9,10). The number of anilines is 1. The number of H-pyrrole nitrogens is 1. The van der Waals surface area contributed by atoms with Crippen LogP contribution in [0.3, 0.4) is 0 Å². The van der Waals surface area contributed by atoms with Gasteiger partial charge in [-0.3, -0.25) is 4.79 Å². The second-order valence-electron chi connectivity index (χ2n) is 1.83. The molecule has 0 radical (unpaired) electrons. The van der Waals surface area contributed by atoms with Crippen molar-refractivity contribution in [1.29, 1.82) is 0 Å². The zero-order chi connectivity index (χ0) is 7.40. The Kier molecular flexibility index (Phi) is 1.94. The summed E-state index contributed by atoms with van der Waals surface area (Å²) in [5, 5.41) is 10.9. The minimum atomic E-state index is -0.866. The van der Waals surface area contributed by atoms with Gasteiger partial charge in [0.15, 0.2) is 0 Å². The van der Waals surface area contributed by atoms with Crippen molar-refractivity contribution in [2.24, 2.45) is 0 Å². The van der Waals surface area contributed by atoms with E-state index in [-0.39, 0.29) is 6.54 Å². The first-order chi connectivity index (χ1) is 4.79. The van der Waals surface area contributed by atoms with Gasteiger partial charge in [-0.25, -0.2) is 0 Å². The highest BCUT2D eigenvalue weighted by Crippen LogP contribution is 1.98. The SMILES string of the molecule is O=C(O)CNc1ccc[nH]1. The molecule has 0 aliphatic rings. The van der Waals surface area contributed by atoms with Gasteiger partial charge in [-0.1, -0.05) is 0 Å². The minimum Gasteiger partial charge on any atom is -0.480 e. The summed E-state index contributed by atoms with van der Waals surface area (Å²) in [6.45, 7) is -0.0550. The Hall–Kier alpha value is -1.45. The third-order valence-electron chi connectivity index (χ3n) is 1.03. The maximum absolute atomic E-state index is 10.0. The highest BCUT2D eigenvalue weighted by molar-refractivity contribution is 5.72. The lowest BCUT2D eigenvalue weighted by atomic mass is 10.6. The molecule has 0 fully saturated rings. The number of aliphatic carboxylic acids is 1. The number of rotatable bonds is 3. The summed E-state index contributed by atoms with van der Waals surface area (Å²) in [5.41, 5.74) is 0. The van der Waals surface area contributed by atoms with Gasteiger partial charge >= 0.3 is 5.97 Å². The van der Waals surface area contributed by atoms with Crippen LogP contribution in [0.25, 0.3) is 0 Å². The van der Waals surface area contributed by atoms with E-state index >= 15 is 0 Å². The fourth-order valence-electron chi connectivity index (χ4n) is 0.611. The first kappa shape index (κ1) is 6.67. The van der Waals surface area contributed by atoms with Crippen LogP contribution >= 0.6 is 0 Å². The van der Waals surface area contributed by atoms with E-state index in [1.165, 1.54) is 0 Å². The largest absolute Gasteiger partial charge is 0.480 e. The molecular formula is C6H8N2O2. The van der Waals surface area contributed by atoms with Gasteiger partial charge in [0, 0.05) is 6.20 Å². The molecule has 1 aromatic heterocycles. The summed E-state index contributed by atoms with van der Waals surface area (Å²) in [6.07, 6.45) is 1.73. The minimum absolute atomic E-state index is 0.0550. The first-order valence-electron chi connectivity index (χ1n) is 2.88.